The highest BCUT2D eigenvalue weighted by atomic mass is 28.4. The molecular formula is C30H63NO3Si. The van der Waals surface area contributed by atoms with Crippen LogP contribution in [0.15, 0.2) is 0 Å². The van der Waals surface area contributed by atoms with Gasteiger partial charge in [0, 0.05) is 6.42 Å². The summed E-state index contributed by atoms with van der Waals surface area (Å²) in [7, 11) is -1.81. The molecule has 0 spiro atoms. The molecule has 4 nitrogen and oxygen atoms in total. The number of amides is 1. The summed E-state index contributed by atoms with van der Waals surface area (Å²) in [5.41, 5.74) is 0. The van der Waals surface area contributed by atoms with Crippen molar-refractivity contribution < 1.29 is 14.3 Å². The Morgan fingerprint density at radius 2 is 1.11 bits per heavy atom. The van der Waals surface area contributed by atoms with E-state index in [9.17, 15) is 9.90 Å². The quantitative estimate of drug-likeness (QED) is 0.0896. The average Bonchev–Trinajstić information content (AvgIpc) is 2.88. The van der Waals surface area contributed by atoms with Crippen LogP contribution in [0.5, 0.6) is 0 Å². The summed E-state index contributed by atoms with van der Waals surface area (Å²) in [6, 6.07) is 3.01. The molecule has 5 heteroatoms. The van der Waals surface area contributed by atoms with Gasteiger partial charge in [-0.2, -0.15) is 0 Å². The van der Waals surface area contributed by atoms with E-state index in [-0.39, 0.29) is 24.7 Å². The fourth-order valence-electron chi connectivity index (χ4n) is 5.10. The summed E-state index contributed by atoms with van der Waals surface area (Å²) < 4.78 is 6.84. The van der Waals surface area contributed by atoms with Gasteiger partial charge in [-0.1, -0.05) is 131 Å². The van der Waals surface area contributed by atoms with E-state index in [1.54, 1.807) is 0 Å². The molecule has 0 heterocycles. The van der Waals surface area contributed by atoms with E-state index in [1.165, 1.54) is 77.0 Å². The van der Waals surface area contributed by atoms with Gasteiger partial charge in [0.1, 0.15) is 0 Å². The lowest BCUT2D eigenvalue weighted by Crippen LogP contribution is -2.52. The Balaban J connectivity index is 4.47. The molecule has 0 fully saturated rings. The maximum absolute atomic E-state index is 12.5. The normalized spacial score (nSPS) is 13.7. The number of nitrogens with one attached hydrogen (secondary N) is 1. The Bertz CT molecular complexity index is 462. The van der Waals surface area contributed by atoms with Crippen LogP contribution in [-0.2, 0) is 9.22 Å². The maximum Gasteiger partial charge on any atom is 0.220 e. The summed E-state index contributed by atoms with van der Waals surface area (Å²) in [5, 5.41) is 13.3. The standard InChI is InChI=1S/C30H63NO3Si/c1-6-11-13-14-15-16-17-18-19-20-21-22-24-25-29(34-35(8-3,9-4)10-5)28(27-32)31-30(33)26-23-12-7-2/h28-29,32H,6-27H2,1-5H3,(H,31,33)/t28-,29+/m0/s1. The largest absolute Gasteiger partial charge is 0.412 e. The van der Waals surface area contributed by atoms with Crippen molar-refractivity contribution >= 4 is 14.2 Å². The minimum absolute atomic E-state index is 0.0374. The predicted octanol–water partition coefficient (Wildman–Crippen LogP) is 8.92. The van der Waals surface area contributed by atoms with Gasteiger partial charge in [-0.3, -0.25) is 4.79 Å². The monoisotopic (exact) mass is 513 g/mol. The van der Waals surface area contributed by atoms with Crippen molar-refractivity contribution in [1.82, 2.24) is 5.32 Å². The number of carbonyl (C=O) groups is 1. The molecule has 0 rings (SSSR count). The van der Waals surface area contributed by atoms with Gasteiger partial charge in [0.15, 0.2) is 8.32 Å². The molecule has 0 aliphatic heterocycles. The van der Waals surface area contributed by atoms with Crippen molar-refractivity contribution in [2.75, 3.05) is 6.61 Å². The Hall–Kier alpha value is -0.393. The van der Waals surface area contributed by atoms with Gasteiger partial charge in [0.2, 0.25) is 5.91 Å². The van der Waals surface area contributed by atoms with Crippen LogP contribution in [0.25, 0.3) is 0 Å². The van der Waals surface area contributed by atoms with Crippen LogP contribution in [0.3, 0.4) is 0 Å². The van der Waals surface area contributed by atoms with Crippen LogP contribution in [-0.4, -0.2) is 38.1 Å². The van der Waals surface area contributed by atoms with Crippen molar-refractivity contribution in [3.05, 3.63) is 0 Å². The third-order valence-corrected chi connectivity index (χ3v) is 12.6. The molecule has 0 saturated carbocycles. The lowest BCUT2D eigenvalue weighted by molar-refractivity contribution is -0.123. The summed E-state index contributed by atoms with van der Waals surface area (Å²) in [4.78, 5) is 12.5. The molecule has 0 saturated heterocycles. The number of aliphatic hydroxyl groups excluding tert-OH is 1. The molecule has 0 unspecified atom stereocenters. The smallest absolute Gasteiger partial charge is 0.220 e. The fourth-order valence-corrected chi connectivity index (χ4v) is 8.02. The Morgan fingerprint density at radius 3 is 1.54 bits per heavy atom. The van der Waals surface area contributed by atoms with Crippen LogP contribution in [0.1, 0.15) is 150 Å². The van der Waals surface area contributed by atoms with Crippen molar-refractivity contribution in [1.29, 1.82) is 0 Å². The van der Waals surface area contributed by atoms with E-state index in [0.29, 0.717) is 6.42 Å². The number of aliphatic hydroxyl groups is 1. The third-order valence-electron chi connectivity index (χ3n) is 7.93. The van der Waals surface area contributed by atoms with Crippen LogP contribution >= 0.6 is 0 Å². The number of hydrogen-bond acceptors (Lipinski definition) is 3. The SMILES string of the molecule is CCCCCCCCCCCCCCC[C@@H](O[Si](CC)(CC)CC)[C@H](CO)NC(=O)CCCCC. The Labute approximate surface area is 220 Å². The van der Waals surface area contributed by atoms with Crippen LogP contribution in [0.2, 0.25) is 18.1 Å². The molecule has 2 N–H and O–H groups in total. The number of hydrogen-bond donors (Lipinski definition) is 2. The number of rotatable bonds is 26. The lowest BCUT2D eigenvalue weighted by Gasteiger charge is -2.37. The zero-order valence-corrected chi connectivity index (χ0v) is 25.5. The first-order chi connectivity index (χ1) is 17.0. The second kappa shape index (κ2) is 24.0. The molecule has 0 aromatic rings. The molecular weight excluding hydrogens is 450 g/mol. The minimum atomic E-state index is -1.81. The van der Waals surface area contributed by atoms with Crippen LogP contribution in [0, 0.1) is 0 Å². The van der Waals surface area contributed by atoms with Gasteiger partial charge in [0.25, 0.3) is 0 Å². The zero-order chi connectivity index (χ0) is 26.2. The van der Waals surface area contributed by atoms with Gasteiger partial charge >= 0.3 is 0 Å². The first kappa shape index (κ1) is 34.6. The average molecular weight is 514 g/mol. The van der Waals surface area contributed by atoms with Gasteiger partial charge in [0.05, 0.1) is 18.8 Å². The number of carbonyl (C=O) groups excluding carboxylic acids is 1. The van der Waals surface area contributed by atoms with Gasteiger partial charge in [-0.15, -0.1) is 0 Å². The predicted molar refractivity (Wildman–Crippen MR) is 156 cm³/mol. The van der Waals surface area contributed by atoms with E-state index in [4.69, 9.17) is 4.43 Å². The highest BCUT2D eigenvalue weighted by molar-refractivity contribution is 6.73. The molecule has 0 aliphatic carbocycles. The molecule has 0 aliphatic rings. The minimum Gasteiger partial charge on any atom is -0.412 e. The third kappa shape index (κ3) is 17.7. The lowest BCUT2D eigenvalue weighted by atomic mass is 10.0. The van der Waals surface area contributed by atoms with Crippen molar-refractivity contribution in [2.45, 2.75) is 180 Å². The van der Waals surface area contributed by atoms with E-state index in [0.717, 1.165) is 50.2 Å². The van der Waals surface area contributed by atoms with Crippen LogP contribution < -0.4 is 5.32 Å². The highest BCUT2D eigenvalue weighted by Gasteiger charge is 2.35. The van der Waals surface area contributed by atoms with E-state index in [1.807, 2.05) is 0 Å². The van der Waals surface area contributed by atoms with E-state index < -0.39 is 8.32 Å². The molecule has 2 atom stereocenters. The fraction of sp³-hybridized carbons (Fsp3) is 0.967. The van der Waals surface area contributed by atoms with Crippen molar-refractivity contribution in [2.24, 2.45) is 0 Å². The number of unbranched alkanes of at least 4 members (excludes halogenated alkanes) is 14. The van der Waals surface area contributed by atoms with E-state index >= 15 is 0 Å². The highest BCUT2D eigenvalue weighted by Crippen LogP contribution is 2.27. The zero-order valence-electron chi connectivity index (χ0n) is 24.5. The van der Waals surface area contributed by atoms with Gasteiger partial charge in [-0.25, -0.2) is 0 Å². The molecule has 210 valence electrons. The molecule has 0 aromatic carbocycles. The molecule has 0 bridgehead atoms. The summed E-state index contributed by atoms with van der Waals surface area (Å²) in [6.07, 6.45) is 22.0. The summed E-state index contributed by atoms with van der Waals surface area (Å²) in [6.45, 7) is 11.1. The first-order valence-electron chi connectivity index (χ1n) is 15.6. The molecule has 35 heavy (non-hydrogen) atoms. The topological polar surface area (TPSA) is 58.6 Å². The summed E-state index contributed by atoms with van der Waals surface area (Å²) >= 11 is 0. The molecule has 0 aromatic heterocycles. The molecule has 0 radical (unpaired) electrons. The maximum atomic E-state index is 12.5. The second-order valence-electron chi connectivity index (χ2n) is 10.7. The first-order valence-corrected chi connectivity index (χ1v) is 18.1. The Kier molecular flexibility index (Phi) is 23.7. The van der Waals surface area contributed by atoms with Crippen LogP contribution in [0.4, 0.5) is 0 Å². The van der Waals surface area contributed by atoms with Crippen molar-refractivity contribution in [3.63, 3.8) is 0 Å². The van der Waals surface area contributed by atoms with E-state index in [2.05, 4.69) is 39.9 Å². The summed E-state index contributed by atoms with van der Waals surface area (Å²) in [5.74, 6) is 0.0632. The van der Waals surface area contributed by atoms with Gasteiger partial charge < -0.3 is 14.8 Å². The van der Waals surface area contributed by atoms with Crippen molar-refractivity contribution in [3.8, 4) is 0 Å². The van der Waals surface area contributed by atoms with Gasteiger partial charge in [-0.05, 0) is 31.0 Å². The molecule has 1 amide bonds. The second-order valence-corrected chi connectivity index (χ2v) is 15.5. The Morgan fingerprint density at radius 1 is 0.686 bits per heavy atom.